The Labute approximate surface area is 197 Å². The third-order valence-electron chi connectivity index (χ3n) is 6.11. The van der Waals surface area contributed by atoms with Crippen LogP contribution in [0.4, 0.5) is 0 Å². The summed E-state index contributed by atoms with van der Waals surface area (Å²) in [7, 11) is -3.47. The van der Waals surface area contributed by atoms with Gasteiger partial charge in [-0.15, -0.1) is 0 Å². The van der Waals surface area contributed by atoms with Gasteiger partial charge in [0, 0.05) is 31.2 Å². The summed E-state index contributed by atoms with van der Waals surface area (Å²) in [6.45, 7) is 3.66. The molecule has 0 radical (unpaired) electrons. The molecular weight excluding hydrogens is 436 g/mol. The van der Waals surface area contributed by atoms with E-state index in [9.17, 15) is 18.0 Å². The summed E-state index contributed by atoms with van der Waals surface area (Å²) in [5, 5.41) is 0. The third kappa shape index (κ3) is 7.42. The average Bonchev–Trinajstić information content (AvgIpc) is 2.83. The van der Waals surface area contributed by atoms with Gasteiger partial charge in [0.1, 0.15) is 5.75 Å². The van der Waals surface area contributed by atoms with Crippen LogP contribution in [-0.2, 0) is 21.1 Å². The molecule has 3 rings (SSSR count). The standard InChI is InChI=1S/C26H34N2O4S/c1-2-17-28(24-15-18-27(19-16-24)26(30)23-13-7-4-8-14-23)25(29)21-33(31,32)20-9-12-22-10-5-3-6-11-22/h3-8,10-11,13-14,24H,2,9,12,15-21H2,1H3. The fourth-order valence-corrected chi connectivity index (χ4v) is 5.65. The van der Waals surface area contributed by atoms with Crippen molar-refractivity contribution in [2.45, 2.75) is 45.1 Å². The van der Waals surface area contributed by atoms with Crippen molar-refractivity contribution < 1.29 is 18.0 Å². The van der Waals surface area contributed by atoms with Gasteiger partial charge in [0.05, 0.1) is 5.75 Å². The van der Waals surface area contributed by atoms with E-state index in [1.165, 1.54) is 0 Å². The molecule has 0 bridgehead atoms. The highest BCUT2D eigenvalue weighted by Gasteiger charge is 2.31. The molecule has 0 unspecified atom stereocenters. The lowest BCUT2D eigenvalue weighted by molar-refractivity contribution is -0.131. The molecule has 2 aromatic rings. The molecule has 1 aliphatic heterocycles. The number of piperidine rings is 1. The predicted molar refractivity (Wildman–Crippen MR) is 131 cm³/mol. The Balaban J connectivity index is 1.52. The van der Waals surface area contributed by atoms with E-state index in [0.29, 0.717) is 50.9 Å². The first-order valence-corrected chi connectivity index (χ1v) is 13.6. The van der Waals surface area contributed by atoms with E-state index < -0.39 is 15.6 Å². The van der Waals surface area contributed by atoms with E-state index in [4.69, 9.17) is 0 Å². The summed E-state index contributed by atoms with van der Waals surface area (Å²) in [6, 6.07) is 18.9. The van der Waals surface area contributed by atoms with E-state index in [0.717, 1.165) is 12.0 Å². The molecule has 1 heterocycles. The fourth-order valence-electron chi connectivity index (χ4n) is 4.38. The Kier molecular flexibility index (Phi) is 9.06. The van der Waals surface area contributed by atoms with Gasteiger partial charge in [-0.3, -0.25) is 9.59 Å². The zero-order chi connectivity index (χ0) is 23.7. The molecule has 0 aliphatic carbocycles. The molecule has 0 spiro atoms. The van der Waals surface area contributed by atoms with Gasteiger partial charge in [0.2, 0.25) is 5.91 Å². The second-order valence-corrected chi connectivity index (χ2v) is 10.8. The van der Waals surface area contributed by atoms with Gasteiger partial charge < -0.3 is 9.80 Å². The largest absolute Gasteiger partial charge is 0.339 e. The van der Waals surface area contributed by atoms with Crippen LogP contribution >= 0.6 is 0 Å². The summed E-state index contributed by atoms with van der Waals surface area (Å²) in [4.78, 5) is 29.2. The van der Waals surface area contributed by atoms with Gasteiger partial charge in [-0.05, 0) is 49.8 Å². The maximum Gasteiger partial charge on any atom is 0.253 e. The number of hydrogen-bond donors (Lipinski definition) is 0. The summed E-state index contributed by atoms with van der Waals surface area (Å²) < 4.78 is 25.2. The summed E-state index contributed by atoms with van der Waals surface area (Å²) >= 11 is 0. The van der Waals surface area contributed by atoms with Crippen LogP contribution in [0.5, 0.6) is 0 Å². The van der Waals surface area contributed by atoms with E-state index in [-0.39, 0.29) is 23.6 Å². The maximum absolute atomic E-state index is 13.0. The minimum atomic E-state index is -3.47. The molecule has 7 heteroatoms. The third-order valence-corrected chi connectivity index (χ3v) is 7.70. The molecular formula is C26H34N2O4S. The van der Waals surface area contributed by atoms with Gasteiger partial charge in [-0.2, -0.15) is 0 Å². The van der Waals surface area contributed by atoms with Crippen LogP contribution in [0.25, 0.3) is 0 Å². The molecule has 1 aliphatic rings. The Morgan fingerprint density at radius 2 is 1.58 bits per heavy atom. The number of benzene rings is 2. The number of carbonyl (C=O) groups is 2. The number of aryl methyl sites for hydroxylation is 1. The predicted octanol–water partition coefficient (Wildman–Crippen LogP) is 3.58. The van der Waals surface area contributed by atoms with E-state index in [2.05, 4.69) is 0 Å². The summed E-state index contributed by atoms with van der Waals surface area (Å²) in [6.07, 6.45) is 3.29. The normalized spacial score (nSPS) is 14.8. The molecule has 178 valence electrons. The fraction of sp³-hybridized carbons (Fsp3) is 0.462. The molecule has 0 N–H and O–H groups in total. The number of likely N-dealkylation sites (tertiary alicyclic amines) is 1. The van der Waals surface area contributed by atoms with Crippen molar-refractivity contribution in [2.24, 2.45) is 0 Å². The molecule has 1 fully saturated rings. The van der Waals surface area contributed by atoms with E-state index in [1.807, 2.05) is 72.5 Å². The molecule has 2 amide bonds. The topological polar surface area (TPSA) is 74.8 Å². The Bertz CT molecular complexity index is 1000. The number of nitrogens with zero attached hydrogens (tertiary/aromatic N) is 2. The second-order valence-electron chi connectivity index (χ2n) is 8.66. The maximum atomic E-state index is 13.0. The number of hydrogen-bond acceptors (Lipinski definition) is 4. The zero-order valence-corrected chi connectivity index (χ0v) is 20.2. The van der Waals surface area contributed by atoms with Crippen molar-refractivity contribution in [2.75, 3.05) is 31.1 Å². The molecule has 33 heavy (non-hydrogen) atoms. The molecule has 2 aromatic carbocycles. The van der Waals surface area contributed by atoms with Crippen LogP contribution in [0.15, 0.2) is 60.7 Å². The highest BCUT2D eigenvalue weighted by molar-refractivity contribution is 7.92. The second kappa shape index (κ2) is 12.0. The number of amides is 2. The van der Waals surface area contributed by atoms with Crippen LogP contribution in [0, 0.1) is 0 Å². The minimum absolute atomic E-state index is 0.00316. The van der Waals surface area contributed by atoms with Gasteiger partial charge in [0.15, 0.2) is 9.84 Å². The Hall–Kier alpha value is -2.67. The van der Waals surface area contributed by atoms with Crippen molar-refractivity contribution in [1.82, 2.24) is 9.80 Å². The van der Waals surface area contributed by atoms with Crippen molar-refractivity contribution >= 4 is 21.7 Å². The van der Waals surface area contributed by atoms with Crippen molar-refractivity contribution in [1.29, 1.82) is 0 Å². The highest BCUT2D eigenvalue weighted by Crippen LogP contribution is 2.20. The SMILES string of the molecule is CCCN(C(=O)CS(=O)(=O)CCCc1ccccc1)C1CCN(C(=O)c2ccccc2)CC1. The zero-order valence-electron chi connectivity index (χ0n) is 19.4. The molecule has 1 saturated heterocycles. The van der Waals surface area contributed by atoms with Crippen LogP contribution in [0.3, 0.4) is 0 Å². The summed E-state index contributed by atoms with van der Waals surface area (Å²) in [5.74, 6) is -0.740. The lowest BCUT2D eigenvalue weighted by atomic mass is 10.0. The molecule has 0 atom stereocenters. The molecule has 0 saturated carbocycles. The number of sulfone groups is 1. The molecule has 6 nitrogen and oxygen atoms in total. The van der Waals surface area contributed by atoms with Crippen LogP contribution < -0.4 is 0 Å². The van der Waals surface area contributed by atoms with E-state index >= 15 is 0 Å². The number of carbonyl (C=O) groups excluding carboxylic acids is 2. The molecule has 0 aromatic heterocycles. The summed E-state index contributed by atoms with van der Waals surface area (Å²) in [5.41, 5.74) is 1.77. The van der Waals surface area contributed by atoms with Crippen molar-refractivity contribution in [3.05, 3.63) is 71.8 Å². The van der Waals surface area contributed by atoms with E-state index in [1.54, 1.807) is 4.90 Å². The van der Waals surface area contributed by atoms with Crippen LogP contribution in [-0.4, -0.2) is 67.2 Å². The number of rotatable bonds is 10. The van der Waals surface area contributed by atoms with Crippen LogP contribution in [0.2, 0.25) is 0 Å². The van der Waals surface area contributed by atoms with Gasteiger partial charge in [-0.1, -0.05) is 55.5 Å². The highest BCUT2D eigenvalue weighted by atomic mass is 32.2. The van der Waals surface area contributed by atoms with Crippen molar-refractivity contribution in [3.63, 3.8) is 0 Å². The van der Waals surface area contributed by atoms with Crippen LogP contribution in [0.1, 0.15) is 48.5 Å². The van der Waals surface area contributed by atoms with Gasteiger partial charge in [0.25, 0.3) is 5.91 Å². The lowest BCUT2D eigenvalue weighted by Crippen LogP contribution is -2.50. The van der Waals surface area contributed by atoms with Gasteiger partial charge in [-0.25, -0.2) is 8.42 Å². The first kappa shape index (κ1) is 25.0. The smallest absolute Gasteiger partial charge is 0.253 e. The quantitative estimate of drug-likeness (QED) is 0.532. The van der Waals surface area contributed by atoms with Crippen molar-refractivity contribution in [3.8, 4) is 0 Å². The Morgan fingerprint density at radius 1 is 0.970 bits per heavy atom. The first-order valence-electron chi connectivity index (χ1n) is 11.8. The first-order chi connectivity index (χ1) is 15.9. The Morgan fingerprint density at radius 3 is 2.18 bits per heavy atom. The lowest BCUT2D eigenvalue weighted by Gasteiger charge is -2.38. The minimum Gasteiger partial charge on any atom is -0.339 e. The average molecular weight is 471 g/mol. The van der Waals surface area contributed by atoms with Gasteiger partial charge >= 0.3 is 0 Å². The monoisotopic (exact) mass is 470 g/mol.